The largest absolute Gasteiger partial charge is 0.496 e. The van der Waals surface area contributed by atoms with Crippen molar-refractivity contribution in [1.82, 2.24) is 10.6 Å². The molecule has 0 fully saturated rings. The third-order valence-corrected chi connectivity index (χ3v) is 3.11. The minimum Gasteiger partial charge on any atom is -0.496 e. The standard InChI is InChI=1S/C11H20N2OS/c1-4-12-6-9(2)13-7-11-5-10(14-3)8-15-11/h5,8-9,12-13H,4,6-7H2,1-3H3. The number of methoxy groups -OCH3 is 1. The van der Waals surface area contributed by atoms with Gasteiger partial charge in [0.05, 0.1) is 7.11 Å². The number of nitrogens with one attached hydrogen (secondary N) is 2. The van der Waals surface area contributed by atoms with Crippen molar-refractivity contribution in [3.63, 3.8) is 0 Å². The fourth-order valence-electron chi connectivity index (χ4n) is 1.27. The first-order valence-corrected chi connectivity index (χ1v) is 6.19. The Balaban J connectivity index is 2.24. The summed E-state index contributed by atoms with van der Waals surface area (Å²) in [5.74, 6) is 0.955. The lowest BCUT2D eigenvalue weighted by Crippen LogP contribution is -2.35. The van der Waals surface area contributed by atoms with E-state index in [-0.39, 0.29) is 0 Å². The van der Waals surface area contributed by atoms with Crippen molar-refractivity contribution >= 4 is 11.3 Å². The molecule has 0 aliphatic heterocycles. The van der Waals surface area contributed by atoms with Crippen molar-refractivity contribution in [1.29, 1.82) is 0 Å². The molecule has 0 spiro atoms. The van der Waals surface area contributed by atoms with Gasteiger partial charge in [-0.05, 0) is 19.5 Å². The van der Waals surface area contributed by atoms with E-state index in [1.54, 1.807) is 18.4 Å². The summed E-state index contributed by atoms with van der Waals surface area (Å²) in [7, 11) is 1.70. The fourth-order valence-corrected chi connectivity index (χ4v) is 2.05. The SMILES string of the molecule is CCNCC(C)NCc1cc(OC)cs1. The molecule has 1 aromatic rings. The highest BCUT2D eigenvalue weighted by Crippen LogP contribution is 2.20. The third-order valence-electron chi connectivity index (χ3n) is 2.19. The lowest BCUT2D eigenvalue weighted by molar-refractivity contribution is 0.416. The number of hydrogen-bond acceptors (Lipinski definition) is 4. The molecule has 0 radical (unpaired) electrons. The molecular weight excluding hydrogens is 208 g/mol. The van der Waals surface area contributed by atoms with Crippen LogP contribution in [0.3, 0.4) is 0 Å². The summed E-state index contributed by atoms with van der Waals surface area (Å²) >= 11 is 1.73. The van der Waals surface area contributed by atoms with Gasteiger partial charge in [-0.2, -0.15) is 0 Å². The molecular formula is C11H20N2OS. The molecule has 1 aromatic heterocycles. The van der Waals surface area contributed by atoms with Crippen LogP contribution in [0.2, 0.25) is 0 Å². The number of likely N-dealkylation sites (N-methyl/N-ethyl adjacent to an activating group) is 1. The van der Waals surface area contributed by atoms with E-state index in [2.05, 4.69) is 30.5 Å². The average Bonchev–Trinajstić information content (AvgIpc) is 2.71. The van der Waals surface area contributed by atoms with Gasteiger partial charge in [0.1, 0.15) is 5.75 Å². The van der Waals surface area contributed by atoms with E-state index in [1.807, 2.05) is 5.38 Å². The quantitative estimate of drug-likeness (QED) is 0.747. The first-order valence-electron chi connectivity index (χ1n) is 5.31. The van der Waals surface area contributed by atoms with Crippen LogP contribution in [-0.2, 0) is 6.54 Å². The van der Waals surface area contributed by atoms with Crippen LogP contribution in [0.4, 0.5) is 0 Å². The fraction of sp³-hybridized carbons (Fsp3) is 0.636. The summed E-state index contributed by atoms with van der Waals surface area (Å²) in [6.45, 7) is 7.27. The van der Waals surface area contributed by atoms with Crippen LogP contribution >= 0.6 is 11.3 Å². The molecule has 3 nitrogen and oxygen atoms in total. The number of rotatable bonds is 7. The molecule has 86 valence electrons. The molecule has 0 saturated heterocycles. The van der Waals surface area contributed by atoms with Gasteiger partial charge in [0.25, 0.3) is 0 Å². The van der Waals surface area contributed by atoms with Gasteiger partial charge in [-0.25, -0.2) is 0 Å². The van der Waals surface area contributed by atoms with Gasteiger partial charge in [-0.15, -0.1) is 11.3 Å². The Morgan fingerprint density at radius 3 is 2.93 bits per heavy atom. The van der Waals surface area contributed by atoms with E-state index in [1.165, 1.54) is 4.88 Å². The van der Waals surface area contributed by atoms with Gasteiger partial charge in [0.15, 0.2) is 0 Å². The van der Waals surface area contributed by atoms with Crippen LogP contribution in [0.25, 0.3) is 0 Å². The first kappa shape index (κ1) is 12.5. The zero-order valence-corrected chi connectivity index (χ0v) is 10.5. The third kappa shape index (κ3) is 4.64. The number of hydrogen-bond donors (Lipinski definition) is 2. The monoisotopic (exact) mass is 228 g/mol. The summed E-state index contributed by atoms with van der Waals surface area (Å²) in [6.07, 6.45) is 0. The van der Waals surface area contributed by atoms with Crippen LogP contribution in [-0.4, -0.2) is 26.2 Å². The van der Waals surface area contributed by atoms with E-state index in [9.17, 15) is 0 Å². The van der Waals surface area contributed by atoms with Crippen molar-refractivity contribution in [2.45, 2.75) is 26.4 Å². The second kappa shape index (κ2) is 6.82. The Kier molecular flexibility index (Phi) is 5.68. The topological polar surface area (TPSA) is 33.3 Å². The lowest BCUT2D eigenvalue weighted by Gasteiger charge is -2.12. The van der Waals surface area contributed by atoms with Crippen LogP contribution in [0, 0.1) is 0 Å². The van der Waals surface area contributed by atoms with E-state index < -0.39 is 0 Å². The van der Waals surface area contributed by atoms with Gasteiger partial charge in [-0.3, -0.25) is 0 Å². The molecule has 2 N–H and O–H groups in total. The molecule has 0 aliphatic rings. The summed E-state index contributed by atoms with van der Waals surface area (Å²) in [5.41, 5.74) is 0. The minimum atomic E-state index is 0.498. The molecule has 1 rings (SSSR count). The van der Waals surface area contributed by atoms with Crippen LogP contribution in [0.5, 0.6) is 5.75 Å². The Bertz CT molecular complexity index is 275. The summed E-state index contributed by atoms with van der Waals surface area (Å²) in [6, 6.07) is 2.58. The van der Waals surface area contributed by atoms with E-state index >= 15 is 0 Å². The number of thiophene rings is 1. The second-order valence-electron chi connectivity index (χ2n) is 3.54. The Morgan fingerprint density at radius 2 is 2.33 bits per heavy atom. The summed E-state index contributed by atoms with van der Waals surface area (Å²) in [5, 5.41) is 8.81. The van der Waals surface area contributed by atoms with Gasteiger partial charge >= 0.3 is 0 Å². The van der Waals surface area contributed by atoms with Gasteiger partial charge < -0.3 is 15.4 Å². The smallest absolute Gasteiger partial charge is 0.129 e. The summed E-state index contributed by atoms with van der Waals surface area (Å²) < 4.78 is 5.14. The molecule has 1 heterocycles. The second-order valence-corrected chi connectivity index (χ2v) is 4.54. The molecule has 0 amide bonds. The molecule has 0 saturated carbocycles. The molecule has 0 bridgehead atoms. The highest BCUT2D eigenvalue weighted by molar-refractivity contribution is 7.10. The molecule has 15 heavy (non-hydrogen) atoms. The van der Waals surface area contributed by atoms with Crippen LogP contribution in [0.1, 0.15) is 18.7 Å². The Labute approximate surface area is 95.8 Å². The molecule has 4 heteroatoms. The highest BCUT2D eigenvalue weighted by atomic mass is 32.1. The Morgan fingerprint density at radius 1 is 1.53 bits per heavy atom. The zero-order chi connectivity index (χ0) is 11.1. The molecule has 0 aliphatic carbocycles. The van der Waals surface area contributed by atoms with E-state index in [0.717, 1.165) is 25.4 Å². The van der Waals surface area contributed by atoms with E-state index in [4.69, 9.17) is 4.74 Å². The van der Waals surface area contributed by atoms with Crippen LogP contribution in [0.15, 0.2) is 11.4 Å². The molecule has 0 aromatic carbocycles. The maximum atomic E-state index is 5.14. The van der Waals surface area contributed by atoms with Crippen molar-refractivity contribution in [2.24, 2.45) is 0 Å². The van der Waals surface area contributed by atoms with Gasteiger partial charge in [0, 0.05) is 29.4 Å². The van der Waals surface area contributed by atoms with E-state index in [0.29, 0.717) is 6.04 Å². The first-order chi connectivity index (χ1) is 7.26. The Hall–Kier alpha value is -0.580. The molecule has 1 unspecified atom stereocenters. The maximum Gasteiger partial charge on any atom is 0.129 e. The zero-order valence-electron chi connectivity index (χ0n) is 9.67. The predicted octanol–water partition coefficient (Wildman–Crippen LogP) is 1.84. The normalized spacial score (nSPS) is 12.7. The number of ether oxygens (including phenoxy) is 1. The average molecular weight is 228 g/mol. The predicted molar refractivity (Wildman–Crippen MR) is 65.7 cm³/mol. The molecule has 1 atom stereocenters. The highest BCUT2D eigenvalue weighted by Gasteiger charge is 2.02. The van der Waals surface area contributed by atoms with Crippen molar-refractivity contribution in [2.75, 3.05) is 20.2 Å². The van der Waals surface area contributed by atoms with Crippen molar-refractivity contribution in [3.05, 3.63) is 16.3 Å². The summed E-state index contributed by atoms with van der Waals surface area (Å²) in [4.78, 5) is 1.31. The van der Waals surface area contributed by atoms with Crippen molar-refractivity contribution in [3.8, 4) is 5.75 Å². The van der Waals surface area contributed by atoms with Gasteiger partial charge in [-0.1, -0.05) is 6.92 Å². The lowest BCUT2D eigenvalue weighted by atomic mass is 10.3. The minimum absolute atomic E-state index is 0.498. The van der Waals surface area contributed by atoms with Crippen LogP contribution < -0.4 is 15.4 Å². The van der Waals surface area contributed by atoms with Gasteiger partial charge in [0.2, 0.25) is 0 Å². The maximum absolute atomic E-state index is 5.14. The van der Waals surface area contributed by atoms with Crippen molar-refractivity contribution < 1.29 is 4.74 Å².